The number of aliphatic hydroxyl groups is 2. The Hall–Kier alpha value is -0.620. The number of halogens is 1. The van der Waals surface area contributed by atoms with Crippen LogP contribution < -0.4 is 4.90 Å². The molecule has 1 aromatic carbocycles. The van der Waals surface area contributed by atoms with Gasteiger partial charge in [0.25, 0.3) is 0 Å². The van der Waals surface area contributed by atoms with Crippen LogP contribution in [0.3, 0.4) is 0 Å². The third-order valence-electron chi connectivity index (χ3n) is 3.57. The molecule has 1 saturated heterocycles. The molecule has 106 valence electrons. The smallest absolute Gasteiger partial charge is 0.0782 e. The van der Waals surface area contributed by atoms with Crippen molar-refractivity contribution in [3.8, 4) is 0 Å². The summed E-state index contributed by atoms with van der Waals surface area (Å²) in [5.74, 6) is 0. The topological polar surface area (TPSA) is 46.9 Å². The van der Waals surface area contributed by atoms with Crippen molar-refractivity contribution in [2.45, 2.75) is 13.0 Å². The molecule has 1 fully saturated rings. The van der Waals surface area contributed by atoms with Gasteiger partial charge in [0.2, 0.25) is 0 Å². The number of aliphatic hydroxyl groups excluding tert-OH is 2. The molecule has 2 N–H and O–H groups in total. The van der Waals surface area contributed by atoms with Gasteiger partial charge in [-0.3, -0.25) is 4.90 Å². The Morgan fingerprint density at radius 2 is 1.95 bits per heavy atom. The minimum Gasteiger partial charge on any atom is -0.395 e. The third kappa shape index (κ3) is 3.69. The lowest BCUT2D eigenvalue weighted by atomic mass is 10.1. The number of nitrogens with zero attached hydrogens (tertiary/aromatic N) is 2. The highest BCUT2D eigenvalue weighted by Crippen LogP contribution is 2.30. The van der Waals surface area contributed by atoms with E-state index in [9.17, 15) is 5.11 Å². The molecule has 4 nitrogen and oxygen atoms in total. The van der Waals surface area contributed by atoms with E-state index < -0.39 is 6.10 Å². The van der Waals surface area contributed by atoms with Crippen LogP contribution in [-0.4, -0.2) is 54.4 Å². The second-order valence-electron chi connectivity index (χ2n) is 4.93. The standard InChI is InChI=1S/C14H21BrN2O2/c1-11(19)13-3-2-12(15)10-14(13)17-6-4-16(5-7-17)8-9-18/h2-3,10-11,18-19H,4-9H2,1H3. The summed E-state index contributed by atoms with van der Waals surface area (Å²) in [4.78, 5) is 4.57. The Morgan fingerprint density at radius 3 is 2.53 bits per heavy atom. The maximum Gasteiger partial charge on any atom is 0.0782 e. The van der Waals surface area contributed by atoms with Gasteiger partial charge in [-0.05, 0) is 19.1 Å². The Kier molecular flexibility index (Phi) is 5.21. The monoisotopic (exact) mass is 328 g/mol. The predicted octanol–water partition coefficient (Wildman–Crippen LogP) is 1.62. The van der Waals surface area contributed by atoms with E-state index in [0.717, 1.165) is 48.4 Å². The highest BCUT2D eigenvalue weighted by atomic mass is 79.9. The normalized spacial score (nSPS) is 18.6. The van der Waals surface area contributed by atoms with Crippen LogP contribution in [0.2, 0.25) is 0 Å². The Bertz CT molecular complexity index is 418. The summed E-state index contributed by atoms with van der Waals surface area (Å²) >= 11 is 3.50. The van der Waals surface area contributed by atoms with Gasteiger partial charge in [0.15, 0.2) is 0 Å². The van der Waals surface area contributed by atoms with Crippen LogP contribution >= 0.6 is 15.9 Å². The number of anilines is 1. The molecule has 0 spiro atoms. The van der Waals surface area contributed by atoms with Crippen LogP contribution in [-0.2, 0) is 0 Å². The van der Waals surface area contributed by atoms with Crippen LogP contribution in [0.15, 0.2) is 22.7 Å². The van der Waals surface area contributed by atoms with Crippen molar-refractivity contribution in [1.29, 1.82) is 0 Å². The van der Waals surface area contributed by atoms with Crippen LogP contribution in [0.25, 0.3) is 0 Å². The molecule has 5 heteroatoms. The van der Waals surface area contributed by atoms with E-state index in [1.54, 1.807) is 6.92 Å². The zero-order valence-electron chi connectivity index (χ0n) is 11.2. The molecule has 1 heterocycles. The number of hydrogen-bond acceptors (Lipinski definition) is 4. The van der Waals surface area contributed by atoms with E-state index in [-0.39, 0.29) is 6.61 Å². The van der Waals surface area contributed by atoms with Crippen LogP contribution in [0.5, 0.6) is 0 Å². The van der Waals surface area contributed by atoms with Gasteiger partial charge in [-0.15, -0.1) is 0 Å². The van der Waals surface area contributed by atoms with Crippen LogP contribution in [0.4, 0.5) is 5.69 Å². The molecule has 0 amide bonds. The second-order valence-corrected chi connectivity index (χ2v) is 5.85. The molecule has 1 unspecified atom stereocenters. The zero-order valence-corrected chi connectivity index (χ0v) is 12.8. The number of benzene rings is 1. The lowest BCUT2D eigenvalue weighted by Crippen LogP contribution is -2.47. The highest BCUT2D eigenvalue weighted by molar-refractivity contribution is 9.10. The summed E-state index contributed by atoms with van der Waals surface area (Å²) in [6, 6.07) is 6.02. The van der Waals surface area contributed by atoms with Crippen molar-refractivity contribution in [2.24, 2.45) is 0 Å². The lowest BCUT2D eigenvalue weighted by Gasteiger charge is -2.37. The summed E-state index contributed by atoms with van der Waals surface area (Å²) in [6.45, 7) is 6.52. The number of β-amino-alcohol motifs (C(OH)–C–C–N with tert-alkyl or cyclic N) is 1. The van der Waals surface area contributed by atoms with Crippen LogP contribution in [0.1, 0.15) is 18.6 Å². The summed E-state index contributed by atoms with van der Waals surface area (Å²) in [6.07, 6.45) is -0.460. The molecule has 2 rings (SSSR count). The quantitative estimate of drug-likeness (QED) is 0.881. The number of piperazine rings is 1. The first-order valence-corrected chi connectivity index (χ1v) is 7.47. The van der Waals surface area contributed by atoms with Crippen molar-refractivity contribution >= 4 is 21.6 Å². The third-order valence-corrected chi connectivity index (χ3v) is 4.07. The summed E-state index contributed by atoms with van der Waals surface area (Å²) in [5.41, 5.74) is 2.08. The van der Waals surface area contributed by atoms with Gasteiger partial charge < -0.3 is 15.1 Å². The summed E-state index contributed by atoms with van der Waals surface area (Å²) in [7, 11) is 0. The van der Waals surface area contributed by atoms with E-state index in [0.29, 0.717) is 0 Å². The molecular weight excluding hydrogens is 308 g/mol. The molecule has 1 aliphatic rings. The van der Waals surface area contributed by atoms with Crippen molar-refractivity contribution in [1.82, 2.24) is 4.90 Å². The molecular formula is C14H21BrN2O2. The molecule has 1 atom stereocenters. The molecule has 1 aromatic rings. The van der Waals surface area contributed by atoms with Gasteiger partial charge in [-0.2, -0.15) is 0 Å². The first-order chi connectivity index (χ1) is 9.11. The Labute approximate surface area is 122 Å². The minimum atomic E-state index is -0.460. The molecule has 0 aromatic heterocycles. The minimum absolute atomic E-state index is 0.218. The fraction of sp³-hybridized carbons (Fsp3) is 0.571. The largest absolute Gasteiger partial charge is 0.395 e. The predicted molar refractivity (Wildman–Crippen MR) is 80.5 cm³/mol. The lowest BCUT2D eigenvalue weighted by molar-refractivity contribution is 0.187. The van der Waals surface area contributed by atoms with E-state index in [1.165, 1.54) is 0 Å². The van der Waals surface area contributed by atoms with E-state index in [2.05, 4.69) is 31.8 Å². The summed E-state index contributed by atoms with van der Waals surface area (Å²) in [5, 5.41) is 18.8. The average Bonchev–Trinajstić information content (AvgIpc) is 2.39. The molecule has 0 radical (unpaired) electrons. The van der Waals surface area contributed by atoms with Crippen LogP contribution in [0, 0.1) is 0 Å². The second kappa shape index (κ2) is 6.70. The maximum atomic E-state index is 9.88. The number of hydrogen-bond donors (Lipinski definition) is 2. The van der Waals surface area contributed by atoms with Gasteiger partial charge in [0.1, 0.15) is 0 Å². The van der Waals surface area contributed by atoms with Crippen molar-refractivity contribution in [3.05, 3.63) is 28.2 Å². The SMILES string of the molecule is CC(O)c1ccc(Br)cc1N1CCN(CCO)CC1. The fourth-order valence-electron chi connectivity index (χ4n) is 2.50. The van der Waals surface area contributed by atoms with E-state index >= 15 is 0 Å². The van der Waals surface area contributed by atoms with Gasteiger partial charge in [-0.1, -0.05) is 22.0 Å². The fourth-order valence-corrected chi connectivity index (χ4v) is 2.85. The molecule has 19 heavy (non-hydrogen) atoms. The maximum absolute atomic E-state index is 9.88. The molecule has 0 saturated carbocycles. The molecule has 0 aliphatic carbocycles. The van der Waals surface area contributed by atoms with Gasteiger partial charge >= 0.3 is 0 Å². The zero-order chi connectivity index (χ0) is 13.8. The van der Waals surface area contributed by atoms with Gasteiger partial charge in [-0.25, -0.2) is 0 Å². The first kappa shape index (κ1) is 14.8. The van der Waals surface area contributed by atoms with Crippen molar-refractivity contribution in [3.63, 3.8) is 0 Å². The average molecular weight is 329 g/mol. The van der Waals surface area contributed by atoms with Gasteiger partial charge in [0, 0.05) is 48.4 Å². The van der Waals surface area contributed by atoms with E-state index in [4.69, 9.17) is 5.11 Å². The number of rotatable bonds is 4. The molecule has 0 bridgehead atoms. The van der Waals surface area contributed by atoms with Crippen molar-refractivity contribution < 1.29 is 10.2 Å². The van der Waals surface area contributed by atoms with Gasteiger partial charge in [0.05, 0.1) is 12.7 Å². The molecule has 1 aliphatic heterocycles. The highest BCUT2D eigenvalue weighted by Gasteiger charge is 2.20. The Balaban J connectivity index is 2.12. The van der Waals surface area contributed by atoms with Crippen molar-refractivity contribution in [2.75, 3.05) is 44.2 Å². The Morgan fingerprint density at radius 1 is 1.26 bits per heavy atom. The first-order valence-electron chi connectivity index (χ1n) is 6.67. The van der Waals surface area contributed by atoms with E-state index in [1.807, 2.05) is 12.1 Å². The summed E-state index contributed by atoms with van der Waals surface area (Å²) < 4.78 is 1.03.